The molecule has 0 radical (unpaired) electrons. The van der Waals surface area contributed by atoms with Gasteiger partial charge in [0.05, 0.1) is 0 Å². The molecule has 0 spiro atoms. The summed E-state index contributed by atoms with van der Waals surface area (Å²) in [7, 11) is 0. The van der Waals surface area contributed by atoms with Crippen molar-refractivity contribution in [1.82, 2.24) is 5.32 Å². The summed E-state index contributed by atoms with van der Waals surface area (Å²) in [6, 6.07) is 0. The van der Waals surface area contributed by atoms with E-state index < -0.39 is 0 Å². The number of ether oxygens (including phenoxy) is 1. The zero-order valence-electron chi connectivity index (χ0n) is 6.21. The van der Waals surface area contributed by atoms with E-state index in [4.69, 9.17) is 0 Å². The van der Waals surface area contributed by atoms with E-state index in [-0.39, 0.29) is 18.3 Å². The van der Waals surface area contributed by atoms with Crippen LogP contribution in [0.4, 0.5) is 0 Å². The van der Waals surface area contributed by atoms with Gasteiger partial charge in [-0.25, -0.2) is 0 Å². The van der Waals surface area contributed by atoms with Crippen molar-refractivity contribution in [2.45, 2.75) is 6.42 Å². The zero-order valence-corrected chi connectivity index (χ0v) is 6.21. The third-order valence-electron chi connectivity index (χ3n) is 1.81. The Morgan fingerprint density at radius 2 is 2.55 bits per heavy atom. The number of hydrogen-bond donors (Lipinski definition) is 1. The summed E-state index contributed by atoms with van der Waals surface area (Å²) in [6.45, 7) is 1.84. The normalized spacial score (nSPS) is 23.1. The van der Waals surface area contributed by atoms with Crippen molar-refractivity contribution in [3.05, 3.63) is 0 Å². The van der Waals surface area contributed by atoms with Crippen LogP contribution in [-0.2, 0) is 14.3 Å². The second-order valence-corrected chi connectivity index (χ2v) is 2.56. The van der Waals surface area contributed by atoms with E-state index in [9.17, 15) is 9.59 Å². The van der Waals surface area contributed by atoms with Crippen molar-refractivity contribution in [2.24, 2.45) is 5.92 Å². The van der Waals surface area contributed by atoms with Gasteiger partial charge in [-0.15, -0.1) is 0 Å². The van der Waals surface area contributed by atoms with Gasteiger partial charge in [0.2, 0.25) is 0 Å². The molecule has 1 saturated heterocycles. The maximum Gasteiger partial charge on any atom is 0.293 e. The highest BCUT2D eigenvalue weighted by atomic mass is 16.5. The summed E-state index contributed by atoms with van der Waals surface area (Å²) in [5.74, 6) is 0.0667. The maximum absolute atomic E-state index is 11.1. The van der Waals surface area contributed by atoms with Crippen LogP contribution in [0.25, 0.3) is 0 Å². The predicted octanol–water partition coefficient (Wildman–Crippen LogP) is -0.662. The number of Topliss-reactive ketones (excluding diaryl/α,β-unsaturated/α-hetero) is 1. The Hall–Kier alpha value is -0.900. The average Bonchev–Trinajstić information content (AvgIpc) is 2.52. The lowest BCUT2D eigenvalue weighted by molar-refractivity contribution is -0.137. The van der Waals surface area contributed by atoms with Gasteiger partial charge in [0, 0.05) is 12.5 Å². The van der Waals surface area contributed by atoms with Crippen molar-refractivity contribution in [3.8, 4) is 0 Å². The van der Waals surface area contributed by atoms with E-state index in [2.05, 4.69) is 10.1 Å². The number of hydrogen-bond acceptors (Lipinski definition) is 4. The molecule has 4 nitrogen and oxygen atoms in total. The number of ketones is 1. The molecule has 0 bridgehead atoms. The van der Waals surface area contributed by atoms with E-state index in [1.165, 1.54) is 0 Å². The lowest BCUT2D eigenvalue weighted by Gasteiger charge is -2.04. The first-order valence-corrected chi connectivity index (χ1v) is 3.63. The summed E-state index contributed by atoms with van der Waals surface area (Å²) in [5, 5.41) is 3.06. The second kappa shape index (κ2) is 4.08. The summed E-state index contributed by atoms with van der Waals surface area (Å²) in [6.07, 6.45) is 0.862. The van der Waals surface area contributed by atoms with Crippen molar-refractivity contribution in [1.29, 1.82) is 0 Å². The van der Waals surface area contributed by atoms with Gasteiger partial charge >= 0.3 is 0 Å². The molecule has 0 saturated carbocycles. The SMILES string of the molecule is O=COCC(=O)C1CCNC1. The van der Waals surface area contributed by atoms with E-state index >= 15 is 0 Å². The quantitative estimate of drug-likeness (QED) is 0.550. The molecule has 1 atom stereocenters. The van der Waals surface area contributed by atoms with Crippen LogP contribution < -0.4 is 5.32 Å². The third-order valence-corrected chi connectivity index (χ3v) is 1.81. The summed E-state index contributed by atoms with van der Waals surface area (Å²) in [5.41, 5.74) is 0. The molecular weight excluding hydrogens is 146 g/mol. The zero-order chi connectivity index (χ0) is 8.10. The highest BCUT2D eigenvalue weighted by Gasteiger charge is 2.21. The Balaban J connectivity index is 2.22. The molecule has 1 heterocycles. The molecule has 1 rings (SSSR count). The number of rotatable bonds is 4. The molecule has 0 aromatic rings. The highest BCUT2D eigenvalue weighted by Crippen LogP contribution is 2.08. The summed E-state index contributed by atoms with van der Waals surface area (Å²) < 4.78 is 4.35. The highest BCUT2D eigenvalue weighted by molar-refractivity contribution is 5.83. The Kier molecular flexibility index (Phi) is 3.04. The minimum Gasteiger partial charge on any atom is -0.460 e. The van der Waals surface area contributed by atoms with Gasteiger partial charge < -0.3 is 10.1 Å². The van der Waals surface area contributed by atoms with Crippen LogP contribution in [0.5, 0.6) is 0 Å². The Morgan fingerprint density at radius 1 is 1.73 bits per heavy atom. The summed E-state index contributed by atoms with van der Waals surface area (Å²) in [4.78, 5) is 20.8. The van der Waals surface area contributed by atoms with E-state index in [1.54, 1.807) is 0 Å². The van der Waals surface area contributed by atoms with Gasteiger partial charge in [-0.3, -0.25) is 9.59 Å². The first-order chi connectivity index (χ1) is 5.34. The third kappa shape index (κ3) is 2.31. The van der Waals surface area contributed by atoms with Crippen molar-refractivity contribution >= 4 is 12.3 Å². The Bertz CT molecular complexity index is 152. The molecule has 1 aliphatic heterocycles. The van der Waals surface area contributed by atoms with E-state index in [0.717, 1.165) is 19.5 Å². The van der Waals surface area contributed by atoms with Gasteiger partial charge in [0.25, 0.3) is 6.47 Å². The minimum atomic E-state index is -0.0736. The molecule has 62 valence electrons. The molecule has 0 aliphatic carbocycles. The first-order valence-electron chi connectivity index (χ1n) is 3.63. The van der Waals surface area contributed by atoms with Gasteiger partial charge in [0.15, 0.2) is 5.78 Å². The molecule has 0 aromatic heterocycles. The second-order valence-electron chi connectivity index (χ2n) is 2.56. The fraction of sp³-hybridized carbons (Fsp3) is 0.714. The molecular formula is C7H11NO3. The standard InChI is InChI=1S/C7H11NO3/c9-5-11-4-7(10)6-1-2-8-3-6/h5-6,8H,1-4H2. The fourth-order valence-corrected chi connectivity index (χ4v) is 1.16. The van der Waals surface area contributed by atoms with Gasteiger partial charge in [0.1, 0.15) is 6.61 Å². The number of nitrogens with one attached hydrogen (secondary N) is 1. The molecule has 11 heavy (non-hydrogen) atoms. The van der Waals surface area contributed by atoms with Crippen LogP contribution in [0.1, 0.15) is 6.42 Å². The largest absolute Gasteiger partial charge is 0.460 e. The molecule has 4 heteroatoms. The average molecular weight is 157 g/mol. The topological polar surface area (TPSA) is 55.4 Å². The van der Waals surface area contributed by atoms with Crippen LogP contribution in [0.15, 0.2) is 0 Å². The van der Waals surface area contributed by atoms with Crippen molar-refractivity contribution < 1.29 is 14.3 Å². The molecule has 0 aromatic carbocycles. The maximum atomic E-state index is 11.1. The van der Waals surface area contributed by atoms with Crippen molar-refractivity contribution in [3.63, 3.8) is 0 Å². The lowest BCUT2D eigenvalue weighted by atomic mass is 10.0. The van der Waals surface area contributed by atoms with Crippen LogP contribution in [0, 0.1) is 5.92 Å². The minimum absolute atomic E-state index is 0.0158. The Labute approximate surface area is 64.9 Å². The smallest absolute Gasteiger partial charge is 0.293 e. The Morgan fingerprint density at radius 3 is 3.09 bits per heavy atom. The van der Waals surface area contributed by atoms with Gasteiger partial charge in [-0.05, 0) is 13.0 Å². The van der Waals surface area contributed by atoms with Crippen LogP contribution in [0.3, 0.4) is 0 Å². The molecule has 0 amide bonds. The number of carbonyl (C=O) groups excluding carboxylic acids is 2. The fourth-order valence-electron chi connectivity index (χ4n) is 1.16. The van der Waals surface area contributed by atoms with E-state index in [1.807, 2.05) is 0 Å². The van der Waals surface area contributed by atoms with Crippen molar-refractivity contribution in [2.75, 3.05) is 19.7 Å². The van der Waals surface area contributed by atoms with Gasteiger partial charge in [-0.2, -0.15) is 0 Å². The van der Waals surface area contributed by atoms with E-state index in [0.29, 0.717) is 6.47 Å². The molecule has 1 N–H and O–H groups in total. The van der Waals surface area contributed by atoms with Gasteiger partial charge in [-0.1, -0.05) is 0 Å². The van der Waals surface area contributed by atoms with Crippen LogP contribution in [-0.4, -0.2) is 32.0 Å². The first kappa shape index (κ1) is 8.20. The predicted molar refractivity (Wildman–Crippen MR) is 38.0 cm³/mol. The van der Waals surface area contributed by atoms with Crippen LogP contribution in [0.2, 0.25) is 0 Å². The summed E-state index contributed by atoms with van der Waals surface area (Å²) >= 11 is 0. The molecule has 1 unspecified atom stereocenters. The molecule has 1 fully saturated rings. The molecule has 1 aliphatic rings. The lowest BCUT2D eigenvalue weighted by Crippen LogP contribution is -2.21. The number of carbonyl (C=O) groups is 2. The van der Waals surface area contributed by atoms with Crippen LogP contribution >= 0.6 is 0 Å². The monoisotopic (exact) mass is 157 g/mol.